The van der Waals surface area contributed by atoms with Gasteiger partial charge in [-0.3, -0.25) is 4.79 Å². The van der Waals surface area contributed by atoms with Crippen LogP contribution in [0.3, 0.4) is 0 Å². The summed E-state index contributed by atoms with van der Waals surface area (Å²) in [6.45, 7) is 2.25. The molecular weight excluding hydrogens is 302 g/mol. The molecule has 0 aliphatic heterocycles. The van der Waals surface area contributed by atoms with Gasteiger partial charge in [-0.2, -0.15) is 0 Å². The van der Waals surface area contributed by atoms with Gasteiger partial charge >= 0.3 is 0 Å². The third-order valence-electron chi connectivity index (χ3n) is 4.82. The van der Waals surface area contributed by atoms with Crippen molar-refractivity contribution in [2.45, 2.75) is 19.4 Å². The van der Waals surface area contributed by atoms with Crippen LogP contribution >= 0.6 is 0 Å². The number of fused-ring (bicyclic) bond motifs is 1. The number of benzene rings is 2. The molecule has 0 saturated heterocycles. The second-order valence-electron chi connectivity index (χ2n) is 6.57. The second kappa shape index (κ2) is 7.32. The van der Waals surface area contributed by atoms with E-state index in [1.807, 2.05) is 17.0 Å². The standard InChI is InChI=1S/C20H25NO3/c1-23-13-12-21(19(22)20(10-11-20)15-24-2)14-17-8-5-7-16-6-3-4-9-18(16)17/h3-9H,10-15H2,1-2H3. The zero-order chi connectivity index (χ0) is 17.0. The molecule has 0 heterocycles. The van der Waals surface area contributed by atoms with Crippen molar-refractivity contribution < 1.29 is 14.3 Å². The number of ether oxygens (including phenoxy) is 2. The minimum Gasteiger partial charge on any atom is -0.384 e. The smallest absolute Gasteiger partial charge is 0.231 e. The number of hydrogen-bond donors (Lipinski definition) is 0. The monoisotopic (exact) mass is 327 g/mol. The Hall–Kier alpha value is -1.91. The van der Waals surface area contributed by atoms with Gasteiger partial charge in [0.25, 0.3) is 0 Å². The average molecular weight is 327 g/mol. The summed E-state index contributed by atoms with van der Waals surface area (Å²) in [6.07, 6.45) is 1.83. The molecule has 24 heavy (non-hydrogen) atoms. The number of methoxy groups -OCH3 is 2. The number of hydrogen-bond acceptors (Lipinski definition) is 3. The first-order valence-corrected chi connectivity index (χ1v) is 8.44. The predicted molar refractivity (Wildman–Crippen MR) is 94.8 cm³/mol. The van der Waals surface area contributed by atoms with Crippen molar-refractivity contribution in [2.75, 3.05) is 34.0 Å². The van der Waals surface area contributed by atoms with E-state index in [0.717, 1.165) is 12.8 Å². The first-order valence-electron chi connectivity index (χ1n) is 8.44. The Morgan fingerprint density at radius 3 is 2.54 bits per heavy atom. The molecule has 4 heteroatoms. The van der Waals surface area contributed by atoms with Crippen LogP contribution in [0, 0.1) is 5.41 Å². The Bertz CT molecular complexity index is 704. The Labute approximate surface area is 143 Å². The summed E-state index contributed by atoms with van der Waals surface area (Å²) in [5, 5.41) is 2.40. The van der Waals surface area contributed by atoms with Crippen LogP contribution in [-0.4, -0.2) is 44.8 Å². The average Bonchev–Trinajstić information content (AvgIpc) is 3.39. The minimum atomic E-state index is -0.312. The fraction of sp³-hybridized carbons (Fsp3) is 0.450. The number of nitrogens with zero attached hydrogens (tertiary/aromatic N) is 1. The molecule has 1 saturated carbocycles. The maximum absolute atomic E-state index is 13.1. The SMILES string of the molecule is COCCN(Cc1cccc2ccccc12)C(=O)C1(COC)CC1. The predicted octanol–water partition coefficient (Wildman–Crippen LogP) is 3.24. The van der Waals surface area contributed by atoms with Gasteiger partial charge in [0.1, 0.15) is 0 Å². The summed E-state index contributed by atoms with van der Waals surface area (Å²) in [5.41, 5.74) is 0.860. The van der Waals surface area contributed by atoms with Crippen molar-refractivity contribution in [1.82, 2.24) is 4.90 Å². The molecule has 2 aromatic rings. The van der Waals surface area contributed by atoms with Crippen LogP contribution in [0.1, 0.15) is 18.4 Å². The van der Waals surface area contributed by atoms with E-state index in [2.05, 4.69) is 30.3 Å². The molecule has 128 valence electrons. The molecule has 0 atom stereocenters. The first-order chi connectivity index (χ1) is 11.7. The zero-order valence-electron chi connectivity index (χ0n) is 14.5. The van der Waals surface area contributed by atoms with Crippen molar-refractivity contribution in [2.24, 2.45) is 5.41 Å². The van der Waals surface area contributed by atoms with Gasteiger partial charge < -0.3 is 14.4 Å². The lowest BCUT2D eigenvalue weighted by molar-refractivity contribution is -0.140. The summed E-state index contributed by atoms with van der Waals surface area (Å²) in [5.74, 6) is 0.189. The molecule has 0 aromatic heterocycles. The highest BCUT2D eigenvalue weighted by Gasteiger charge is 2.51. The fourth-order valence-corrected chi connectivity index (χ4v) is 3.27. The molecule has 4 nitrogen and oxygen atoms in total. The molecule has 0 unspecified atom stereocenters. The van der Waals surface area contributed by atoms with Gasteiger partial charge in [-0.25, -0.2) is 0 Å². The van der Waals surface area contributed by atoms with Gasteiger partial charge in [0.05, 0.1) is 18.6 Å². The number of carbonyl (C=O) groups is 1. The third-order valence-corrected chi connectivity index (χ3v) is 4.82. The lowest BCUT2D eigenvalue weighted by atomic mass is 10.0. The van der Waals surface area contributed by atoms with E-state index in [0.29, 0.717) is 26.3 Å². The molecule has 3 rings (SSSR count). The van der Waals surface area contributed by atoms with Crippen molar-refractivity contribution in [3.8, 4) is 0 Å². The van der Waals surface area contributed by atoms with Gasteiger partial charge in [-0.15, -0.1) is 0 Å². The highest BCUT2D eigenvalue weighted by Crippen LogP contribution is 2.47. The summed E-state index contributed by atoms with van der Waals surface area (Å²) < 4.78 is 10.5. The van der Waals surface area contributed by atoms with Crippen molar-refractivity contribution in [3.63, 3.8) is 0 Å². The molecule has 1 fully saturated rings. The summed E-state index contributed by atoms with van der Waals surface area (Å²) in [7, 11) is 3.33. The zero-order valence-corrected chi connectivity index (χ0v) is 14.5. The lowest BCUT2D eigenvalue weighted by Crippen LogP contribution is -2.40. The van der Waals surface area contributed by atoms with Gasteiger partial charge in [-0.05, 0) is 29.2 Å². The summed E-state index contributed by atoms with van der Waals surface area (Å²) in [4.78, 5) is 15.0. The third kappa shape index (κ3) is 3.45. The quantitative estimate of drug-likeness (QED) is 0.747. The summed E-state index contributed by atoms with van der Waals surface area (Å²) in [6, 6.07) is 14.6. The highest BCUT2D eigenvalue weighted by atomic mass is 16.5. The maximum Gasteiger partial charge on any atom is 0.231 e. The number of rotatable bonds is 8. The van der Waals surface area contributed by atoms with Gasteiger partial charge in [0.15, 0.2) is 0 Å². The summed E-state index contributed by atoms with van der Waals surface area (Å²) >= 11 is 0. The van der Waals surface area contributed by atoms with E-state index in [1.54, 1.807) is 14.2 Å². The molecule has 1 aliphatic carbocycles. The van der Waals surface area contributed by atoms with Crippen LogP contribution in [0.15, 0.2) is 42.5 Å². The van der Waals surface area contributed by atoms with Crippen LogP contribution in [0.5, 0.6) is 0 Å². The topological polar surface area (TPSA) is 38.8 Å². The molecule has 1 aliphatic rings. The van der Waals surface area contributed by atoms with Gasteiger partial charge in [0.2, 0.25) is 5.91 Å². The molecule has 1 amide bonds. The van der Waals surface area contributed by atoms with Crippen LogP contribution in [0.25, 0.3) is 10.8 Å². The van der Waals surface area contributed by atoms with Crippen LogP contribution in [-0.2, 0) is 20.8 Å². The minimum absolute atomic E-state index is 0.189. The molecule has 0 spiro atoms. The molecule has 0 N–H and O–H groups in total. The molecule has 0 bridgehead atoms. The van der Waals surface area contributed by atoms with E-state index in [1.165, 1.54) is 16.3 Å². The van der Waals surface area contributed by atoms with Gasteiger partial charge in [0, 0.05) is 27.3 Å². The van der Waals surface area contributed by atoms with Crippen LogP contribution in [0.4, 0.5) is 0 Å². The van der Waals surface area contributed by atoms with E-state index < -0.39 is 0 Å². The van der Waals surface area contributed by atoms with Crippen LogP contribution < -0.4 is 0 Å². The molecule has 2 aromatic carbocycles. The Morgan fingerprint density at radius 2 is 1.83 bits per heavy atom. The van der Waals surface area contributed by atoms with E-state index in [-0.39, 0.29) is 11.3 Å². The van der Waals surface area contributed by atoms with Crippen molar-refractivity contribution in [3.05, 3.63) is 48.0 Å². The Morgan fingerprint density at radius 1 is 1.08 bits per heavy atom. The molecular formula is C20H25NO3. The second-order valence-corrected chi connectivity index (χ2v) is 6.57. The van der Waals surface area contributed by atoms with Crippen molar-refractivity contribution >= 4 is 16.7 Å². The van der Waals surface area contributed by atoms with E-state index >= 15 is 0 Å². The maximum atomic E-state index is 13.1. The van der Waals surface area contributed by atoms with Crippen molar-refractivity contribution in [1.29, 1.82) is 0 Å². The largest absolute Gasteiger partial charge is 0.384 e. The number of carbonyl (C=O) groups excluding carboxylic acids is 1. The number of amides is 1. The molecule has 0 radical (unpaired) electrons. The van der Waals surface area contributed by atoms with E-state index in [4.69, 9.17) is 9.47 Å². The first kappa shape index (κ1) is 16.9. The highest BCUT2D eigenvalue weighted by molar-refractivity contribution is 5.88. The van der Waals surface area contributed by atoms with E-state index in [9.17, 15) is 4.79 Å². The Balaban J connectivity index is 1.85. The normalized spacial score (nSPS) is 15.4. The van der Waals surface area contributed by atoms with Gasteiger partial charge in [-0.1, -0.05) is 42.5 Å². The Kier molecular flexibility index (Phi) is 5.17. The van der Waals surface area contributed by atoms with Crippen LogP contribution in [0.2, 0.25) is 0 Å². The lowest BCUT2D eigenvalue weighted by Gasteiger charge is -2.27. The fourth-order valence-electron chi connectivity index (χ4n) is 3.27.